The molecule has 8 nitrogen and oxygen atoms in total. The van der Waals surface area contributed by atoms with Gasteiger partial charge >= 0.3 is 0 Å². The number of aryl methyl sites for hydroxylation is 1. The molecule has 1 aliphatic heterocycles. The molecule has 0 radical (unpaired) electrons. The molecule has 0 saturated carbocycles. The van der Waals surface area contributed by atoms with Gasteiger partial charge in [0.05, 0.1) is 30.7 Å². The van der Waals surface area contributed by atoms with Gasteiger partial charge in [-0.05, 0) is 55.3 Å². The second kappa shape index (κ2) is 12.6. The van der Waals surface area contributed by atoms with E-state index in [0.29, 0.717) is 0 Å². The van der Waals surface area contributed by atoms with Crippen LogP contribution in [0.3, 0.4) is 0 Å². The first-order valence-electron chi connectivity index (χ1n) is 14.3. The first-order chi connectivity index (χ1) is 19.0. The van der Waals surface area contributed by atoms with Gasteiger partial charge in [-0.3, -0.25) is 14.8 Å². The van der Waals surface area contributed by atoms with Gasteiger partial charge in [0, 0.05) is 51.7 Å². The Kier molecular flexibility index (Phi) is 8.74. The molecule has 2 aromatic heterocycles. The molecular formula is C31H42N8. The Bertz CT molecular complexity index is 1380. The van der Waals surface area contributed by atoms with Crippen LogP contribution in [0.25, 0.3) is 22.4 Å². The molecule has 39 heavy (non-hydrogen) atoms. The third-order valence-electron chi connectivity index (χ3n) is 7.49. The van der Waals surface area contributed by atoms with Crippen LogP contribution >= 0.6 is 0 Å². The standard InChI is InChI=1S/C31H42N8/c1-5-15-38(16-6-2)20-24-8-7-9-26(18-24)31-35-27-11-10-25(19-28(27)37(31)4)21-39(22-29-32-12-13-33-29)23-30-34-14-17-36(30)3/h7-13,18-19H,5-6,14-17,20-23H2,1-4H3,(H,32,33). The first-order valence-corrected chi connectivity index (χ1v) is 14.3. The Morgan fingerprint density at radius 3 is 2.41 bits per heavy atom. The molecule has 5 rings (SSSR count). The van der Waals surface area contributed by atoms with Crippen molar-refractivity contribution in [3.05, 3.63) is 71.8 Å². The molecule has 0 spiro atoms. The average molecular weight is 527 g/mol. The van der Waals surface area contributed by atoms with E-state index in [1.165, 1.54) is 29.5 Å². The van der Waals surface area contributed by atoms with Crippen molar-refractivity contribution < 1.29 is 0 Å². The molecule has 0 bridgehead atoms. The van der Waals surface area contributed by atoms with E-state index in [4.69, 9.17) is 9.98 Å². The maximum atomic E-state index is 5.04. The monoisotopic (exact) mass is 526 g/mol. The number of aromatic amines is 1. The number of hydrogen-bond donors (Lipinski definition) is 1. The third kappa shape index (κ3) is 6.57. The summed E-state index contributed by atoms with van der Waals surface area (Å²) in [5.74, 6) is 3.12. The number of rotatable bonds is 13. The van der Waals surface area contributed by atoms with Crippen molar-refractivity contribution in [1.82, 2.24) is 34.2 Å². The molecular weight excluding hydrogens is 484 g/mol. The average Bonchev–Trinajstić information content (AvgIpc) is 3.66. The largest absolute Gasteiger partial charge is 0.360 e. The number of hydrogen-bond acceptors (Lipinski definition) is 6. The molecule has 2 aromatic carbocycles. The van der Waals surface area contributed by atoms with Gasteiger partial charge in [0.2, 0.25) is 0 Å². The van der Waals surface area contributed by atoms with Crippen molar-refractivity contribution in [2.45, 2.75) is 46.3 Å². The van der Waals surface area contributed by atoms with Crippen LogP contribution in [0.5, 0.6) is 0 Å². The Balaban J connectivity index is 1.38. The fraction of sp³-hybridized carbons (Fsp3) is 0.452. The topological polar surface area (TPSA) is 68.6 Å². The number of fused-ring (bicyclic) bond motifs is 1. The lowest BCUT2D eigenvalue weighted by molar-refractivity contribution is 0.266. The fourth-order valence-electron chi connectivity index (χ4n) is 5.53. The van der Waals surface area contributed by atoms with Crippen LogP contribution in [0.15, 0.2) is 59.9 Å². The van der Waals surface area contributed by atoms with E-state index in [-0.39, 0.29) is 0 Å². The number of aromatic nitrogens is 4. The number of H-pyrrole nitrogens is 1. The van der Waals surface area contributed by atoms with E-state index in [9.17, 15) is 0 Å². The second-order valence-electron chi connectivity index (χ2n) is 10.7. The number of likely N-dealkylation sites (N-methyl/N-ethyl adjacent to an activating group) is 1. The molecule has 1 N–H and O–H groups in total. The zero-order chi connectivity index (χ0) is 27.2. The van der Waals surface area contributed by atoms with E-state index in [1.807, 2.05) is 12.4 Å². The van der Waals surface area contributed by atoms with Gasteiger partial charge in [0.15, 0.2) is 0 Å². The predicted molar refractivity (Wildman–Crippen MR) is 160 cm³/mol. The van der Waals surface area contributed by atoms with Crippen molar-refractivity contribution in [3.63, 3.8) is 0 Å². The van der Waals surface area contributed by atoms with Crippen molar-refractivity contribution in [2.24, 2.45) is 12.0 Å². The Labute approximate surface area is 232 Å². The summed E-state index contributed by atoms with van der Waals surface area (Å²) < 4.78 is 2.24. The summed E-state index contributed by atoms with van der Waals surface area (Å²) in [5.41, 5.74) is 5.95. The number of nitrogens with zero attached hydrogens (tertiary/aromatic N) is 7. The summed E-state index contributed by atoms with van der Waals surface area (Å²) in [7, 11) is 4.25. The molecule has 8 heteroatoms. The van der Waals surface area contributed by atoms with E-state index in [0.717, 1.165) is 80.9 Å². The highest BCUT2D eigenvalue weighted by Crippen LogP contribution is 2.26. The predicted octanol–water partition coefficient (Wildman–Crippen LogP) is 4.93. The van der Waals surface area contributed by atoms with Crippen LogP contribution in [0.1, 0.15) is 43.6 Å². The van der Waals surface area contributed by atoms with E-state index >= 15 is 0 Å². The minimum Gasteiger partial charge on any atom is -0.360 e. The molecule has 4 aromatic rings. The maximum absolute atomic E-state index is 5.04. The van der Waals surface area contributed by atoms with Crippen LogP contribution in [0.2, 0.25) is 0 Å². The van der Waals surface area contributed by atoms with Crippen molar-refractivity contribution in [2.75, 3.05) is 39.8 Å². The van der Waals surface area contributed by atoms with E-state index in [1.54, 1.807) is 0 Å². The summed E-state index contributed by atoms with van der Waals surface area (Å²) in [6.45, 7) is 12.0. The first kappa shape index (κ1) is 27.1. The van der Waals surface area contributed by atoms with Gasteiger partial charge in [0.1, 0.15) is 17.5 Å². The zero-order valence-corrected chi connectivity index (χ0v) is 23.9. The number of amidine groups is 1. The molecule has 206 valence electrons. The number of imidazole rings is 2. The Morgan fingerprint density at radius 2 is 1.69 bits per heavy atom. The lowest BCUT2D eigenvalue weighted by Gasteiger charge is -2.24. The van der Waals surface area contributed by atoms with Gasteiger partial charge < -0.3 is 14.5 Å². The smallest absolute Gasteiger partial charge is 0.140 e. The number of nitrogens with one attached hydrogen (secondary N) is 1. The van der Waals surface area contributed by atoms with Gasteiger partial charge in [-0.1, -0.05) is 38.1 Å². The Hall–Kier alpha value is -3.49. The van der Waals surface area contributed by atoms with Gasteiger partial charge in [0.25, 0.3) is 0 Å². The molecule has 0 amide bonds. The fourth-order valence-corrected chi connectivity index (χ4v) is 5.53. The van der Waals surface area contributed by atoms with Crippen molar-refractivity contribution in [1.29, 1.82) is 0 Å². The zero-order valence-electron chi connectivity index (χ0n) is 23.9. The summed E-state index contributed by atoms with van der Waals surface area (Å²) in [6, 6.07) is 15.5. The highest BCUT2D eigenvalue weighted by atomic mass is 15.3. The quantitative estimate of drug-likeness (QED) is 0.268. The molecule has 0 unspecified atom stereocenters. The molecule has 3 heterocycles. The minimum atomic E-state index is 0.744. The maximum Gasteiger partial charge on any atom is 0.140 e. The lowest BCUT2D eigenvalue weighted by Crippen LogP contribution is -2.36. The van der Waals surface area contributed by atoms with E-state index in [2.05, 4.69) is 99.6 Å². The second-order valence-corrected chi connectivity index (χ2v) is 10.7. The van der Waals surface area contributed by atoms with Gasteiger partial charge in [-0.15, -0.1) is 0 Å². The SMILES string of the molecule is CCCN(CCC)Cc1cccc(-c2nc3ccc(CN(CC4=NCCN4C)Cc4ncc[nH]4)cc3n2C)c1. The lowest BCUT2D eigenvalue weighted by atomic mass is 10.1. The van der Waals surface area contributed by atoms with Gasteiger partial charge in [-0.2, -0.15) is 0 Å². The highest BCUT2D eigenvalue weighted by molar-refractivity contribution is 5.85. The molecule has 0 atom stereocenters. The van der Waals surface area contributed by atoms with Gasteiger partial charge in [-0.25, -0.2) is 9.97 Å². The summed E-state index contributed by atoms with van der Waals surface area (Å²) in [5, 5.41) is 0. The highest BCUT2D eigenvalue weighted by Gasteiger charge is 2.19. The van der Waals surface area contributed by atoms with E-state index < -0.39 is 0 Å². The van der Waals surface area contributed by atoms with Crippen LogP contribution < -0.4 is 0 Å². The molecule has 0 saturated heterocycles. The van der Waals surface area contributed by atoms with Crippen molar-refractivity contribution in [3.8, 4) is 11.4 Å². The summed E-state index contributed by atoms with van der Waals surface area (Å²) in [6.07, 6.45) is 6.05. The van der Waals surface area contributed by atoms with Crippen LogP contribution in [-0.4, -0.2) is 79.8 Å². The van der Waals surface area contributed by atoms with Crippen LogP contribution in [-0.2, 0) is 26.7 Å². The molecule has 0 aliphatic carbocycles. The van der Waals surface area contributed by atoms with Crippen molar-refractivity contribution >= 4 is 16.9 Å². The van der Waals surface area contributed by atoms with Crippen LogP contribution in [0.4, 0.5) is 0 Å². The van der Waals surface area contributed by atoms with Crippen LogP contribution in [0, 0.1) is 0 Å². The molecule has 1 aliphatic rings. The molecule has 0 fully saturated rings. The summed E-state index contributed by atoms with van der Waals surface area (Å²) in [4.78, 5) is 24.7. The third-order valence-corrected chi connectivity index (χ3v) is 7.49. The number of aliphatic imine (C=N–C) groups is 1. The minimum absolute atomic E-state index is 0.744. The number of benzene rings is 2. The Morgan fingerprint density at radius 1 is 0.897 bits per heavy atom. The summed E-state index contributed by atoms with van der Waals surface area (Å²) >= 11 is 0. The normalized spacial score (nSPS) is 13.8.